The fourth-order valence-electron chi connectivity index (χ4n) is 2.82. The minimum atomic E-state index is -3.81. The van der Waals surface area contributed by atoms with Crippen LogP contribution in [-0.2, 0) is 16.4 Å². The van der Waals surface area contributed by atoms with E-state index in [9.17, 15) is 13.2 Å². The molecule has 0 saturated heterocycles. The van der Waals surface area contributed by atoms with Crippen molar-refractivity contribution in [3.63, 3.8) is 0 Å². The van der Waals surface area contributed by atoms with Crippen molar-refractivity contribution in [2.75, 3.05) is 11.3 Å². The lowest BCUT2D eigenvalue weighted by molar-refractivity contribution is 0.0955. The Morgan fingerprint density at radius 3 is 2.57 bits per heavy atom. The molecular formula is C21H22N2O3S2. The summed E-state index contributed by atoms with van der Waals surface area (Å²) in [7, 11) is -3.81. The number of rotatable bonds is 7. The summed E-state index contributed by atoms with van der Waals surface area (Å²) < 4.78 is 28.3. The van der Waals surface area contributed by atoms with E-state index in [0.29, 0.717) is 17.7 Å². The maximum Gasteiger partial charge on any atom is 0.262 e. The van der Waals surface area contributed by atoms with E-state index in [1.165, 1.54) is 4.88 Å². The molecule has 0 aliphatic rings. The molecule has 0 aliphatic carbocycles. The van der Waals surface area contributed by atoms with Crippen LogP contribution >= 0.6 is 11.3 Å². The zero-order valence-electron chi connectivity index (χ0n) is 15.7. The fraction of sp³-hybridized carbons (Fsp3) is 0.190. The predicted octanol–water partition coefficient (Wildman–Crippen LogP) is 4.14. The first kappa shape index (κ1) is 20.1. The molecule has 2 aromatic carbocycles. The van der Waals surface area contributed by atoms with E-state index in [2.05, 4.69) is 10.0 Å². The number of sulfonamides is 1. The van der Waals surface area contributed by atoms with Crippen LogP contribution in [0.4, 0.5) is 5.69 Å². The summed E-state index contributed by atoms with van der Waals surface area (Å²) in [6.07, 6.45) is 0.736. The number of hydrogen-bond acceptors (Lipinski definition) is 4. The van der Waals surface area contributed by atoms with Crippen LogP contribution < -0.4 is 10.0 Å². The lowest BCUT2D eigenvalue weighted by Crippen LogP contribution is -2.27. The van der Waals surface area contributed by atoms with Crippen molar-refractivity contribution in [3.05, 3.63) is 81.5 Å². The highest BCUT2D eigenvalue weighted by atomic mass is 32.2. The topological polar surface area (TPSA) is 75.3 Å². The molecule has 0 saturated carbocycles. The van der Waals surface area contributed by atoms with Gasteiger partial charge in [0.05, 0.1) is 16.1 Å². The number of amides is 1. The van der Waals surface area contributed by atoms with Crippen molar-refractivity contribution in [1.82, 2.24) is 5.32 Å². The van der Waals surface area contributed by atoms with E-state index in [-0.39, 0.29) is 16.5 Å². The van der Waals surface area contributed by atoms with Gasteiger partial charge in [0.25, 0.3) is 15.9 Å². The Hall–Kier alpha value is -2.64. The lowest BCUT2D eigenvalue weighted by Gasteiger charge is -2.14. The van der Waals surface area contributed by atoms with Gasteiger partial charge in [0, 0.05) is 11.4 Å². The summed E-state index contributed by atoms with van der Waals surface area (Å²) >= 11 is 1.64. The predicted molar refractivity (Wildman–Crippen MR) is 114 cm³/mol. The molecule has 3 rings (SSSR count). The van der Waals surface area contributed by atoms with Crippen LogP contribution in [0.5, 0.6) is 0 Å². The molecule has 0 atom stereocenters. The Kier molecular flexibility index (Phi) is 6.16. The molecule has 3 aromatic rings. The van der Waals surface area contributed by atoms with Gasteiger partial charge < -0.3 is 5.32 Å². The van der Waals surface area contributed by atoms with Gasteiger partial charge in [-0.05, 0) is 61.0 Å². The van der Waals surface area contributed by atoms with E-state index in [0.717, 1.165) is 12.0 Å². The van der Waals surface area contributed by atoms with Crippen LogP contribution in [0.25, 0.3) is 0 Å². The van der Waals surface area contributed by atoms with Gasteiger partial charge in [-0.15, -0.1) is 11.3 Å². The van der Waals surface area contributed by atoms with Gasteiger partial charge in [-0.3, -0.25) is 9.52 Å². The van der Waals surface area contributed by atoms with Gasteiger partial charge >= 0.3 is 0 Å². The minimum Gasteiger partial charge on any atom is -0.352 e. The third-order valence-electron chi connectivity index (χ3n) is 4.29. The molecule has 0 bridgehead atoms. The zero-order chi connectivity index (χ0) is 20.1. The number of thiophene rings is 1. The molecule has 5 nitrogen and oxygen atoms in total. The highest BCUT2D eigenvalue weighted by molar-refractivity contribution is 7.92. The molecule has 7 heteroatoms. The van der Waals surface area contributed by atoms with Crippen molar-refractivity contribution >= 4 is 33.0 Å². The number of anilines is 1. The van der Waals surface area contributed by atoms with E-state index < -0.39 is 10.0 Å². The summed E-state index contributed by atoms with van der Waals surface area (Å²) in [5, 5.41) is 4.85. The molecular weight excluding hydrogens is 392 g/mol. The number of carbonyl (C=O) groups is 1. The first-order chi connectivity index (χ1) is 13.4. The molecule has 0 unspecified atom stereocenters. The molecule has 0 radical (unpaired) electrons. The van der Waals surface area contributed by atoms with E-state index in [4.69, 9.17) is 0 Å². The van der Waals surface area contributed by atoms with Gasteiger partial charge in [0.15, 0.2) is 0 Å². The Labute approximate surface area is 169 Å². The van der Waals surface area contributed by atoms with E-state index in [1.54, 1.807) is 54.7 Å². The van der Waals surface area contributed by atoms with Gasteiger partial charge in [0.1, 0.15) is 0 Å². The SMILES string of the molecule is Cc1ccc(C)c(S(=O)(=O)Nc2ccccc2C(=O)NCCc2cccs2)c1. The third kappa shape index (κ3) is 4.79. The molecule has 0 fully saturated rings. The van der Waals surface area contributed by atoms with E-state index in [1.807, 2.05) is 30.5 Å². The smallest absolute Gasteiger partial charge is 0.262 e. The Balaban J connectivity index is 1.77. The molecule has 1 amide bonds. The second-order valence-electron chi connectivity index (χ2n) is 6.51. The van der Waals surface area contributed by atoms with Gasteiger partial charge in [-0.2, -0.15) is 0 Å². The van der Waals surface area contributed by atoms with Gasteiger partial charge in [0.2, 0.25) is 0 Å². The minimum absolute atomic E-state index is 0.209. The largest absolute Gasteiger partial charge is 0.352 e. The maximum absolute atomic E-state index is 12.9. The number of carbonyl (C=O) groups excluding carboxylic acids is 1. The lowest BCUT2D eigenvalue weighted by atomic mass is 10.1. The van der Waals surface area contributed by atoms with Crippen LogP contribution in [0.3, 0.4) is 0 Å². The zero-order valence-corrected chi connectivity index (χ0v) is 17.4. The van der Waals surface area contributed by atoms with Crippen molar-refractivity contribution in [1.29, 1.82) is 0 Å². The molecule has 1 heterocycles. The van der Waals surface area contributed by atoms with Crippen LogP contribution in [0.2, 0.25) is 0 Å². The van der Waals surface area contributed by atoms with E-state index >= 15 is 0 Å². The average molecular weight is 415 g/mol. The fourth-order valence-corrected chi connectivity index (χ4v) is 4.94. The summed E-state index contributed by atoms with van der Waals surface area (Å²) in [6, 6.07) is 15.9. The molecule has 146 valence electrons. The molecule has 1 aromatic heterocycles. The molecule has 0 spiro atoms. The first-order valence-electron chi connectivity index (χ1n) is 8.86. The third-order valence-corrected chi connectivity index (χ3v) is 6.73. The summed E-state index contributed by atoms with van der Waals surface area (Å²) in [5.41, 5.74) is 2.06. The van der Waals surface area contributed by atoms with Crippen LogP contribution in [0, 0.1) is 13.8 Å². The van der Waals surface area contributed by atoms with Crippen molar-refractivity contribution in [2.24, 2.45) is 0 Å². The number of para-hydroxylation sites is 1. The quantitative estimate of drug-likeness (QED) is 0.610. The Bertz CT molecular complexity index is 1070. The molecule has 0 aliphatic heterocycles. The number of hydrogen-bond donors (Lipinski definition) is 2. The molecule has 28 heavy (non-hydrogen) atoms. The standard InChI is InChI=1S/C21H22N2O3S2/c1-15-9-10-16(2)20(14-15)28(25,26)23-19-8-4-3-7-18(19)21(24)22-12-11-17-6-5-13-27-17/h3-10,13-14,23H,11-12H2,1-2H3,(H,22,24). The normalized spacial score (nSPS) is 11.2. The summed E-state index contributed by atoms with van der Waals surface area (Å²) in [6.45, 7) is 4.07. The number of aryl methyl sites for hydroxylation is 2. The van der Waals surface area contributed by atoms with Crippen molar-refractivity contribution in [3.8, 4) is 0 Å². The van der Waals surface area contributed by atoms with Gasteiger partial charge in [-0.25, -0.2) is 8.42 Å². The monoisotopic (exact) mass is 414 g/mol. The van der Waals surface area contributed by atoms with Crippen molar-refractivity contribution in [2.45, 2.75) is 25.2 Å². The average Bonchev–Trinajstić information content (AvgIpc) is 3.17. The van der Waals surface area contributed by atoms with Crippen LogP contribution in [0.1, 0.15) is 26.4 Å². The highest BCUT2D eigenvalue weighted by Gasteiger charge is 2.20. The summed E-state index contributed by atoms with van der Waals surface area (Å²) in [4.78, 5) is 14.0. The second-order valence-corrected chi connectivity index (χ2v) is 9.19. The van der Waals surface area contributed by atoms with Gasteiger partial charge in [-0.1, -0.05) is 30.3 Å². The Morgan fingerprint density at radius 2 is 1.82 bits per heavy atom. The first-order valence-corrected chi connectivity index (χ1v) is 11.2. The number of benzene rings is 2. The van der Waals surface area contributed by atoms with Crippen LogP contribution in [-0.4, -0.2) is 20.9 Å². The Morgan fingerprint density at radius 1 is 1.04 bits per heavy atom. The van der Waals surface area contributed by atoms with Crippen molar-refractivity contribution < 1.29 is 13.2 Å². The highest BCUT2D eigenvalue weighted by Crippen LogP contribution is 2.23. The number of nitrogens with one attached hydrogen (secondary N) is 2. The molecule has 2 N–H and O–H groups in total. The second kappa shape index (κ2) is 8.58. The van der Waals surface area contributed by atoms with Crippen LogP contribution in [0.15, 0.2) is 64.9 Å². The maximum atomic E-state index is 12.9. The summed E-state index contributed by atoms with van der Waals surface area (Å²) in [5.74, 6) is -0.309.